The number of anilines is 1. The van der Waals surface area contributed by atoms with Crippen molar-refractivity contribution < 1.29 is 8.42 Å². The zero-order valence-corrected chi connectivity index (χ0v) is 10.3. The maximum absolute atomic E-state index is 11.4. The molecule has 0 aliphatic rings. The summed E-state index contributed by atoms with van der Waals surface area (Å²) < 4.78 is 27.3. The highest BCUT2D eigenvalue weighted by Gasteiger charge is 2.06. The molecular weight excluding hydrogens is 236 g/mol. The van der Waals surface area contributed by atoms with Crippen molar-refractivity contribution >= 4 is 15.7 Å². The van der Waals surface area contributed by atoms with Gasteiger partial charge in [0.25, 0.3) is 0 Å². The Morgan fingerprint density at radius 1 is 1.18 bits per heavy atom. The Kier molecular flexibility index (Phi) is 3.19. The van der Waals surface area contributed by atoms with Crippen molar-refractivity contribution in [3.05, 3.63) is 48.8 Å². The minimum Gasteiger partial charge on any atom is -0.324 e. The van der Waals surface area contributed by atoms with Crippen LogP contribution in [0.25, 0.3) is 5.69 Å². The molecule has 1 heterocycles. The molecule has 0 aliphatic heterocycles. The van der Waals surface area contributed by atoms with Gasteiger partial charge in [0.1, 0.15) is 0 Å². The first kappa shape index (κ1) is 11.7. The fourth-order valence-electron chi connectivity index (χ4n) is 1.49. The van der Waals surface area contributed by atoms with Crippen LogP contribution in [0.2, 0.25) is 0 Å². The molecule has 0 atom stereocenters. The van der Waals surface area contributed by atoms with E-state index < -0.39 is 10.0 Å². The lowest BCUT2D eigenvalue weighted by Gasteiger charge is -2.08. The highest BCUT2D eigenvalue weighted by molar-refractivity contribution is 7.92. The second-order valence-electron chi connectivity index (χ2n) is 3.65. The average molecular weight is 250 g/mol. The third-order valence-corrected chi connectivity index (χ3v) is 3.71. The predicted molar refractivity (Wildman–Crippen MR) is 68.9 cm³/mol. The molecule has 0 amide bonds. The first-order valence-electron chi connectivity index (χ1n) is 5.34. The first-order valence-corrected chi connectivity index (χ1v) is 7.00. The van der Waals surface area contributed by atoms with Crippen LogP contribution in [-0.4, -0.2) is 18.7 Å². The molecule has 5 heteroatoms. The van der Waals surface area contributed by atoms with Crippen LogP contribution in [0.15, 0.2) is 48.8 Å². The lowest BCUT2D eigenvalue weighted by Crippen LogP contribution is -2.14. The van der Waals surface area contributed by atoms with Crippen molar-refractivity contribution in [1.82, 2.24) is 4.57 Å². The first-order chi connectivity index (χ1) is 8.11. The number of benzene rings is 1. The summed E-state index contributed by atoms with van der Waals surface area (Å²) in [4.78, 5) is 0. The monoisotopic (exact) mass is 250 g/mol. The molecule has 0 fully saturated rings. The molecule has 4 nitrogen and oxygen atoms in total. The smallest absolute Gasteiger partial charge is 0.232 e. The molecule has 1 N–H and O–H groups in total. The Bertz CT molecular complexity index is 589. The summed E-state index contributed by atoms with van der Waals surface area (Å²) in [6, 6.07) is 11.1. The number of hydrogen-bond acceptors (Lipinski definition) is 2. The molecule has 0 saturated heterocycles. The van der Waals surface area contributed by atoms with E-state index in [1.807, 2.05) is 41.2 Å². The number of sulfonamides is 1. The topological polar surface area (TPSA) is 51.1 Å². The molecule has 2 rings (SSSR count). The van der Waals surface area contributed by atoms with E-state index in [0.29, 0.717) is 5.69 Å². The van der Waals surface area contributed by atoms with Crippen LogP contribution >= 0.6 is 0 Å². The van der Waals surface area contributed by atoms with Crippen molar-refractivity contribution in [3.63, 3.8) is 0 Å². The van der Waals surface area contributed by atoms with Crippen LogP contribution < -0.4 is 4.72 Å². The van der Waals surface area contributed by atoms with Crippen LogP contribution in [0, 0.1) is 0 Å². The number of aromatic nitrogens is 1. The van der Waals surface area contributed by atoms with E-state index in [2.05, 4.69) is 4.72 Å². The number of hydrogen-bond donors (Lipinski definition) is 1. The maximum atomic E-state index is 11.4. The largest absolute Gasteiger partial charge is 0.324 e. The zero-order chi connectivity index (χ0) is 12.3. The van der Waals surface area contributed by atoms with Crippen molar-refractivity contribution in [1.29, 1.82) is 0 Å². The van der Waals surface area contributed by atoms with Crippen LogP contribution in [0.1, 0.15) is 6.92 Å². The highest BCUT2D eigenvalue weighted by atomic mass is 32.2. The summed E-state index contributed by atoms with van der Waals surface area (Å²) in [7, 11) is -3.22. The Morgan fingerprint density at radius 2 is 1.88 bits per heavy atom. The Labute approximate surface area is 101 Å². The number of nitrogens with one attached hydrogen (secondary N) is 1. The van der Waals surface area contributed by atoms with Crippen molar-refractivity contribution in [2.75, 3.05) is 10.5 Å². The summed E-state index contributed by atoms with van der Waals surface area (Å²) in [5.41, 5.74) is 1.50. The predicted octanol–water partition coefficient (Wildman–Crippen LogP) is 2.24. The van der Waals surface area contributed by atoms with Crippen LogP contribution in [0.3, 0.4) is 0 Å². The van der Waals surface area contributed by atoms with E-state index in [0.717, 1.165) is 5.69 Å². The number of nitrogens with zero attached hydrogens (tertiary/aromatic N) is 1. The fourth-order valence-corrected chi connectivity index (χ4v) is 2.12. The summed E-state index contributed by atoms with van der Waals surface area (Å²) in [5, 5.41) is 0. The van der Waals surface area contributed by atoms with Crippen molar-refractivity contribution in [2.24, 2.45) is 0 Å². The van der Waals surface area contributed by atoms with Gasteiger partial charge in [0.2, 0.25) is 10.0 Å². The Morgan fingerprint density at radius 3 is 2.53 bits per heavy atom. The zero-order valence-electron chi connectivity index (χ0n) is 9.50. The quantitative estimate of drug-likeness (QED) is 0.904. The van der Waals surface area contributed by atoms with Gasteiger partial charge in [-0.25, -0.2) is 8.42 Å². The van der Waals surface area contributed by atoms with Gasteiger partial charge in [-0.2, -0.15) is 0 Å². The van der Waals surface area contributed by atoms with Crippen molar-refractivity contribution in [3.8, 4) is 5.69 Å². The van der Waals surface area contributed by atoms with Gasteiger partial charge in [-0.3, -0.25) is 4.72 Å². The number of rotatable bonds is 4. The van der Waals surface area contributed by atoms with Gasteiger partial charge in [0.15, 0.2) is 0 Å². The van der Waals surface area contributed by atoms with Gasteiger partial charge in [-0.05, 0) is 37.3 Å². The summed E-state index contributed by atoms with van der Waals surface area (Å²) in [5.74, 6) is 0.0702. The molecule has 17 heavy (non-hydrogen) atoms. The van der Waals surface area contributed by atoms with E-state index in [4.69, 9.17) is 0 Å². The second kappa shape index (κ2) is 4.63. The molecule has 0 saturated carbocycles. The lowest BCUT2D eigenvalue weighted by atomic mass is 10.3. The molecule has 0 unspecified atom stereocenters. The fraction of sp³-hybridized carbons (Fsp3) is 0.167. The van der Waals surface area contributed by atoms with E-state index >= 15 is 0 Å². The lowest BCUT2D eigenvalue weighted by molar-refractivity contribution is 0.602. The standard InChI is InChI=1S/C12H14N2O2S/c1-2-17(15,16)13-11-6-5-7-12(10-11)14-8-3-4-9-14/h3-10,13H,2H2,1H3. The third-order valence-electron chi connectivity index (χ3n) is 2.40. The van der Waals surface area contributed by atoms with E-state index in [1.165, 1.54) is 0 Å². The maximum Gasteiger partial charge on any atom is 0.232 e. The van der Waals surface area contributed by atoms with E-state index in [-0.39, 0.29) is 5.75 Å². The third kappa shape index (κ3) is 2.88. The molecular formula is C12H14N2O2S. The van der Waals surface area contributed by atoms with Gasteiger partial charge < -0.3 is 4.57 Å². The molecule has 0 spiro atoms. The summed E-state index contributed by atoms with van der Waals surface area (Å²) in [6.45, 7) is 1.61. The van der Waals surface area contributed by atoms with Crippen LogP contribution in [0.4, 0.5) is 5.69 Å². The molecule has 90 valence electrons. The van der Waals surface area contributed by atoms with E-state index in [1.54, 1.807) is 19.1 Å². The molecule has 1 aromatic heterocycles. The van der Waals surface area contributed by atoms with Gasteiger partial charge in [-0.15, -0.1) is 0 Å². The normalized spacial score (nSPS) is 11.4. The van der Waals surface area contributed by atoms with Gasteiger partial charge >= 0.3 is 0 Å². The SMILES string of the molecule is CCS(=O)(=O)Nc1cccc(-n2cccc2)c1. The summed E-state index contributed by atoms with van der Waals surface area (Å²) >= 11 is 0. The Hall–Kier alpha value is -1.75. The van der Waals surface area contributed by atoms with Gasteiger partial charge in [0.05, 0.1) is 11.4 Å². The van der Waals surface area contributed by atoms with E-state index in [9.17, 15) is 8.42 Å². The van der Waals surface area contributed by atoms with Crippen LogP contribution in [0.5, 0.6) is 0 Å². The second-order valence-corrected chi connectivity index (χ2v) is 5.66. The van der Waals surface area contributed by atoms with Gasteiger partial charge in [-0.1, -0.05) is 6.07 Å². The minimum absolute atomic E-state index is 0.0702. The highest BCUT2D eigenvalue weighted by Crippen LogP contribution is 2.16. The molecule has 1 aromatic carbocycles. The van der Waals surface area contributed by atoms with Gasteiger partial charge in [0, 0.05) is 18.1 Å². The minimum atomic E-state index is -3.22. The average Bonchev–Trinajstić information content (AvgIpc) is 2.82. The molecule has 2 aromatic rings. The Balaban J connectivity index is 2.30. The molecule has 0 radical (unpaired) electrons. The van der Waals surface area contributed by atoms with Crippen LogP contribution in [-0.2, 0) is 10.0 Å². The molecule has 0 bridgehead atoms. The summed E-state index contributed by atoms with van der Waals surface area (Å²) in [6.07, 6.45) is 3.82. The van der Waals surface area contributed by atoms with Crippen molar-refractivity contribution in [2.45, 2.75) is 6.92 Å². The molecule has 0 aliphatic carbocycles.